The molecule has 0 spiro atoms. The third-order valence-corrected chi connectivity index (χ3v) is 5.15. The molecule has 2 aromatic rings. The van der Waals surface area contributed by atoms with Gasteiger partial charge in [0.2, 0.25) is 5.91 Å². The number of carbonyl (C=O) groups excluding carboxylic acids is 1. The highest BCUT2D eigenvalue weighted by Crippen LogP contribution is 2.24. The maximum absolute atomic E-state index is 12.0. The number of fused-ring (bicyclic) bond motifs is 1. The second kappa shape index (κ2) is 7.09. The highest BCUT2D eigenvalue weighted by molar-refractivity contribution is 8.00. The summed E-state index contributed by atoms with van der Waals surface area (Å²) in [5.41, 5.74) is 0.792. The Bertz CT molecular complexity index is 650. The van der Waals surface area contributed by atoms with E-state index in [4.69, 9.17) is 0 Å². The summed E-state index contributed by atoms with van der Waals surface area (Å²) in [6, 6.07) is 0. The normalized spacial score (nSPS) is 16.0. The van der Waals surface area contributed by atoms with Gasteiger partial charge in [-0.1, -0.05) is 31.0 Å². The Morgan fingerprint density at radius 3 is 3.00 bits per heavy atom. The van der Waals surface area contributed by atoms with Gasteiger partial charge in [-0.3, -0.25) is 9.48 Å². The molecule has 0 saturated heterocycles. The molecule has 0 unspecified atom stereocenters. The number of hydrogen-bond acceptors (Lipinski definition) is 5. The van der Waals surface area contributed by atoms with E-state index in [2.05, 4.69) is 20.4 Å². The predicted molar refractivity (Wildman–Crippen MR) is 86.6 cm³/mol. The van der Waals surface area contributed by atoms with Crippen LogP contribution in [0.1, 0.15) is 32.1 Å². The Kier molecular flexibility index (Phi) is 4.92. The summed E-state index contributed by atoms with van der Waals surface area (Å²) in [6.45, 7) is 0.811. The summed E-state index contributed by atoms with van der Waals surface area (Å²) in [6.07, 6.45) is 9.70. The lowest BCUT2D eigenvalue weighted by Gasteiger charge is -2.21. The van der Waals surface area contributed by atoms with E-state index in [0.29, 0.717) is 11.7 Å². The molecule has 1 saturated carbocycles. The Labute approximate surface area is 134 Å². The van der Waals surface area contributed by atoms with Gasteiger partial charge in [-0.15, -0.1) is 0 Å². The summed E-state index contributed by atoms with van der Waals surface area (Å²) in [5.74, 6) is 1.12. The van der Waals surface area contributed by atoms with Crippen molar-refractivity contribution in [1.29, 1.82) is 0 Å². The molecule has 1 fully saturated rings. The van der Waals surface area contributed by atoms with Crippen molar-refractivity contribution in [2.24, 2.45) is 13.0 Å². The highest BCUT2D eigenvalue weighted by atomic mass is 32.2. The van der Waals surface area contributed by atoms with Gasteiger partial charge in [-0.25, -0.2) is 9.97 Å². The lowest BCUT2D eigenvalue weighted by molar-refractivity contribution is -0.118. The number of aromatic nitrogens is 4. The fourth-order valence-corrected chi connectivity index (χ4v) is 3.68. The van der Waals surface area contributed by atoms with Crippen LogP contribution in [0.4, 0.5) is 0 Å². The molecule has 2 heterocycles. The molecule has 6 nitrogen and oxygen atoms in total. The summed E-state index contributed by atoms with van der Waals surface area (Å²) in [7, 11) is 1.85. The summed E-state index contributed by atoms with van der Waals surface area (Å²) >= 11 is 1.44. The van der Waals surface area contributed by atoms with Crippen LogP contribution < -0.4 is 5.32 Å². The van der Waals surface area contributed by atoms with Crippen LogP contribution in [0, 0.1) is 5.92 Å². The van der Waals surface area contributed by atoms with Crippen molar-refractivity contribution in [2.75, 3.05) is 12.3 Å². The molecule has 1 aliphatic carbocycles. The van der Waals surface area contributed by atoms with Crippen LogP contribution in [0.2, 0.25) is 0 Å². The second-order valence-corrected chi connectivity index (χ2v) is 6.75. The fourth-order valence-electron chi connectivity index (χ4n) is 2.89. The summed E-state index contributed by atoms with van der Waals surface area (Å²) < 4.78 is 1.71. The Morgan fingerprint density at radius 1 is 1.36 bits per heavy atom. The Hall–Kier alpha value is -1.63. The molecule has 0 atom stereocenters. The molecule has 2 aromatic heterocycles. The molecule has 0 aromatic carbocycles. The smallest absolute Gasteiger partial charge is 0.230 e. The first-order chi connectivity index (χ1) is 10.7. The molecule has 0 bridgehead atoms. The van der Waals surface area contributed by atoms with Gasteiger partial charge in [-0.2, -0.15) is 5.10 Å². The monoisotopic (exact) mass is 319 g/mol. The molecular formula is C15H21N5OS. The zero-order valence-corrected chi connectivity index (χ0v) is 13.6. The van der Waals surface area contributed by atoms with Crippen LogP contribution in [0.25, 0.3) is 11.0 Å². The first-order valence-corrected chi connectivity index (χ1v) is 8.75. The quantitative estimate of drug-likeness (QED) is 0.675. The lowest BCUT2D eigenvalue weighted by atomic mass is 9.89. The van der Waals surface area contributed by atoms with Gasteiger partial charge in [0.1, 0.15) is 11.4 Å². The number of aryl methyl sites for hydroxylation is 1. The Morgan fingerprint density at radius 2 is 2.18 bits per heavy atom. The van der Waals surface area contributed by atoms with E-state index in [-0.39, 0.29) is 5.91 Å². The van der Waals surface area contributed by atoms with Crippen molar-refractivity contribution in [2.45, 2.75) is 37.1 Å². The van der Waals surface area contributed by atoms with Crippen molar-refractivity contribution >= 4 is 28.7 Å². The van der Waals surface area contributed by atoms with Crippen LogP contribution in [0.15, 0.2) is 17.6 Å². The number of nitrogens with zero attached hydrogens (tertiary/aromatic N) is 4. The number of thioether (sulfide) groups is 1. The minimum Gasteiger partial charge on any atom is -0.355 e. The number of amides is 1. The third kappa shape index (κ3) is 3.58. The number of rotatable bonds is 5. The van der Waals surface area contributed by atoms with E-state index in [9.17, 15) is 4.79 Å². The van der Waals surface area contributed by atoms with Crippen LogP contribution in [-0.2, 0) is 11.8 Å². The highest BCUT2D eigenvalue weighted by Gasteiger charge is 2.15. The molecule has 1 amide bonds. The van der Waals surface area contributed by atoms with Crippen LogP contribution in [0.5, 0.6) is 0 Å². The van der Waals surface area contributed by atoms with E-state index in [1.165, 1.54) is 50.2 Å². The van der Waals surface area contributed by atoms with Crippen LogP contribution >= 0.6 is 11.8 Å². The molecule has 1 aliphatic rings. The largest absolute Gasteiger partial charge is 0.355 e. The molecule has 22 heavy (non-hydrogen) atoms. The molecule has 0 radical (unpaired) electrons. The van der Waals surface area contributed by atoms with E-state index < -0.39 is 0 Å². The van der Waals surface area contributed by atoms with Gasteiger partial charge in [0.25, 0.3) is 0 Å². The number of hydrogen-bond donors (Lipinski definition) is 1. The average Bonchev–Trinajstić information content (AvgIpc) is 2.94. The SMILES string of the molecule is Cn1ncc2c(SCC(=O)NCC3CCCCC3)ncnc21. The van der Waals surface area contributed by atoms with Crippen LogP contribution in [0.3, 0.4) is 0 Å². The van der Waals surface area contributed by atoms with Gasteiger partial charge in [-0.05, 0) is 18.8 Å². The van der Waals surface area contributed by atoms with Gasteiger partial charge >= 0.3 is 0 Å². The maximum atomic E-state index is 12.0. The zero-order valence-electron chi connectivity index (χ0n) is 12.8. The minimum atomic E-state index is 0.0752. The number of carbonyl (C=O) groups is 1. The molecular weight excluding hydrogens is 298 g/mol. The maximum Gasteiger partial charge on any atom is 0.230 e. The van der Waals surface area contributed by atoms with Crippen molar-refractivity contribution in [3.63, 3.8) is 0 Å². The molecule has 3 rings (SSSR count). The average molecular weight is 319 g/mol. The minimum absolute atomic E-state index is 0.0752. The van der Waals surface area contributed by atoms with Crippen molar-refractivity contribution < 1.29 is 4.79 Å². The molecule has 1 N–H and O–H groups in total. The van der Waals surface area contributed by atoms with E-state index >= 15 is 0 Å². The fraction of sp³-hybridized carbons (Fsp3) is 0.600. The Balaban J connectivity index is 1.51. The molecule has 118 valence electrons. The van der Waals surface area contributed by atoms with Gasteiger partial charge in [0.05, 0.1) is 17.3 Å². The standard InChI is InChI=1S/C15H21N5OS/c1-20-14-12(8-19-20)15(18-10-17-14)22-9-13(21)16-7-11-5-3-2-4-6-11/h8,10-11H,2-7,9H2,1H3,(H,16,21). The van der Waals surface area contributed by atoms with Crippen molar-refractivity contribution in [3.8, 4) is 0 Å². The van der Waals surface area contributed by atoms with E-state index in [1.54, 1.807) is 10.9 Å². The van der Waals surface area contributed by atoms with Gasteiger partial charge in [0.15, 0.2) is 5.65 Å². The first-order valence-electron chi connectivity index (χ1n) is 7.76. The molecule has 7 heteroatoms. The van der Waals surface area contributed by atoms with Gasteiger partial charge < -0.3 is 5.32 Å². The van der Waals surface area contributed by atoms with Crippen molar-refractivity contribution in [1.82, 2.24) is 25.1 Å². The van der Waals surface area contributed by atoms with Crippen LogP contribution in [-0.4, -0.2) is 38.0 Å². The van der Waals surface area contributed by atoms with E-state index in [1.807, 2.05) is 7.05 Å². The predicted octanol–water partition coefficient (Wildman–Crippen LogP) is 2.15. The molecule has 0 aliphatic heterocycles. The topological polar surface area (TPSA) is 72.7 Å². The van der Waals surface area contributed by atoms with Gasteiger partial charge in [0, 0.05) is 13.6 Å². The van der Waals surface area contributed by atoms with E-state index in [0.717, 1.165) is 22.6 Å². The third-order valence-electron chi connectivity index (χ3n) is 4.15. The second-order valence-electron chi connectivity index (χ2n) is 5.78. The zero-order chi connectivity index (χ0) is 15.4. The summed E-state index contributed by atoms with van der Waals surface area (Å²) in [4.78, 5) is 20.5. The first kappa shape index (κ1) is 15.3. The summed E-state index contributed by atoms with van der Waals surface area (Å²) in [5, 5.41) is 8.94. The number of nitrogens with one attached hydrogen (secondary N) is 1. The lowest BCUT2D eigenvalue weighted by Crippen LogP contribution is -2.31. The van der Waals surface area contributed by atoms with Crippen molar-refractivity contribution in [3.05, 3.63) is 12.5 Å².